The summed E-state index contributed by atoms with van der Waals surface area (Å²) < 4.78 is 0. The number of fused-ring (bicyclic) bond motifs is 1. The lowest BCUT2D eigenvalue weighted by Gasteiger charge is -2.47. The Hall–Kier alpha value is -2.07. The van der Waals surface area contributed by atoms with Gasteiger partial charge in [-0.25, -0.2) is 4.79 Å². The Bertz CT molecular complexity index is 781. The quantitative estimate of drug-likeness (QED) is 0.894. The van der Waals surface area contributed by atoms with Crippen LogP contribution < -0.4 is 5.32 Å². The minimum Gasteiger partial charge on any atom is -0.331 e. The molecule has 1 N–H and O–H groups in total. The van der Waals surface area contributed by atoms with Gasteiger partial charge in [0, 0.05) is 19.6 Å². The van der Waals surface area contributed by atoms with Crippen LogP contribution in [-0.2, 0) is 0 Å². The number of carbonyl (C=O) groups excluding carboxylic acids is 1. The van der Waals surface area contributed by atoms with E-state index >= 15 is 0 Å². The van der Waals surface area contributed by atoms with Gasteiger partial charge in [-0.05, 0) is 48.7 Å². The molecule has 1 heterocycles. The van der Waals surface area contributed by atoms with E-state index in [9.17, 15) is 4.79 Å². The highest BCUT2D eigenvalue weighted by Gasteiger charge is 2.38. The number of piperidine rings is 1. The average molecular weight is 354 g/mol. The van der Waals surface area contributed by atoms with Crippen molar-refractivity contribution in [2.45, 2.75) is 39.3 Å². The predicted octanol–water partition coefficient (Wildman–Crippen LogP) is 4.27. The SMILES string of the molecule is C[C@H](NC(=O)N(C)C1CCN(C)CC1(C)C)c1cccc2ccccc12. The molecule has 1 fully saturated rings. The van der Waals surface area contributed by atoms with Crippen LogP contribution in [0.2, 0.25) is 0 Å². The summed E-state index contributed by atoms with van der Waals surface area (Å²) >= 11 is 0. The van der Waals surface area contributed by atoms with Crippen molar-refractivity contribution in [2.24, 2.45) is 5.41 Å². The Morgan fingerprint density at radius 2 is 1.92 bits per heavy atom. The van der Waals surface area contributed by atoms with Gasteiger partial charge in [-0.2, -0.15) is 0 Å². The van der Waals surface area contributed by atoms with Gasteiger partial charge in [0.05, 0.1) is 6.04 Å². The highest BCUT2D eigenvalue weighted by molar-refractivity contribution is 5.86. The summed E-state index contributed by atoms with van der Waals surface area (Å²) in [6, 6.07) is 14.8. The summed E-state index contributed by atoms with van der Waals surface area (Å²) in [5, 5.41) is 5.61. The second-order valence-electron chi connectivity index (χ2n) is 8.38. The third-order valence-electron chi connectivity index (χ3n) is 5.78. The van der Waals surface area contributed by atoms with E-state index in [2.05, 4.69) is 68.4 Å². The zero-order valence-corrected chi connectivity index (χ0v) is 16.6. The highest BCUT2D eigenvalue weighted by atomic mass is 16.2. The molecule has 1 aliphatic heterocycles. The van der Waals surface area contributed by atoms with Crippen molar-refractivity contribution < 1.29 is 4.79 Å². The normalized spacial score (nSPS) is 21.3. The fraction of sp³-hybridized carbons (Fsp3) is 0.500. The minimum atomic E-state index is -0.0366. The van der Waals surface area contributed by atoms with Gasteiger partial charge in [-0.15, -0.1) is 0 Å². The lowest BCUT2D eigenvalue weighted by atomic mass is 9.78. The minimum absolute atomic E-state index is 0.00747. The van der Waals surface area contributed by atoms with Gasteiger partial charge in [0.2, 0.25) is 0 Å². The fourth-order valence-electron chi connectivity index (χ4n) is 4.47. The van der Waals surface area contributed by atoms with E-state index in [1.54, 1.807) is 0 Å². The molecule has 0 radical (unpaired) electrons. The molecule has 0 aromatic heterocycles. The third kappa shape index (κ3) is 3.70. The van der Waals surface area contributed by atoms with E-state index in [1.807, 2.05) is 24.1 Å². The molecule has 2 aromatic carbocycles. The largest absolute Gasteiger partial charge is 0.331 e. The monoisotopic (exact) mass is 353 g/mol. The van der Waals surface area contributed by atoms with Crippen molar-refractivity contribution in [3.63, 3.8) is 0 Å². The first kappa shape index (κ1) is 18.7. The van der Waals surface area contributed by atoms with Gasteiger partial charge < -0.3 is 15.1 Å². The van der Waals surface area contributed by atoms with Crippen LogP contribution in [0, 0.1) is 5.41 Å². The maximum atomic E-state index is 12.9. The first-order chi connectivity index (χ1) is 12.3. The van der Waals surface area contributed by atoms with Crippen LogP contribution in [0.15, 0.2) is 42.5 Å². The van der Waals surface area contributed by atoms with E-state index in [0.717, 1.165) is 25.1 Å². The first-order valence-electron chi connectivity index (χ1n) is 9.49. The van der Waals surface area contributed by atoms with Crippen molar-refractivity contribution >= 4 is 16.8 Å². The van der Waals surface area contributed by atoms with E-state index in [4.69, 9.17) is 0 Å². The number of carbonyl (C=O) groups is 1. The predicted molar refractivity (Wildman–Crippen MR) is 108 cm³/mol. The molecule has 0 aliphatic carbocycles. The zero-order chi connectivity index (χ0) is 18.9. The summed E-state index contributed by atoms with van der Waals surface area (Å²) in [6.07, 6.45) is 1.01. The topological polar surface area (TPSA) is 35.6 Å². The number of urea groups is 1. The van der Waals surface area contributed by atoms with Crippen LogP contribution in [-0.4, -0.2) is 49.1 Å². The van der Waals surface area contributed by atoms with Crippen LogP contribution in [0.1, 0.15) is 38.8 Å². The van der Waals surface area contributed by atoms with Crippen LogP contribution in [0.4, 0.5) is 4.79 Å². The maximum Gasteiger partial charge on any atom is 0.317 e. The van der Waals surface area contributed by atoms with Gasteiger partial charge in [-0.1, -0.05) is 56.3 Å². The van der Waals surface area contributed by atoms with Crippen molar-refractivity contribution in [2.75, 3.05) is 27.2 Å². The summed E-state index contributed by atoms with van der Waals surface area (Å²) in [6.45, 7) is 8.61. The van der Waals surface area contributed by atoms with Gasteiger partial charge in [0.1, 0.15) is 0 Å². The number of likely N-dealkylation sites (tertiary alicyclic amines) is 1. The molecule has 1 aliphatic rings. The molecule has 0 spiro atoms. The second-order valence-corrected chi connectivity index (χ2v) is 8.38. The van der Waals surface area contributed by atoms with Gasteiger partial charge in [0.15, 0.2) is 0 Å². The van der Waals surface area contributed by atoms with Crippen molar-refractivity contribution in [1.82, 2.24) is 15.1 Å². The summed E-state index contributed by atoms with van der Waals surface area (Å²) in [4.78, 5) is 17.2. The smallest absolute Gasteiger partial charge is 0.317 e. The molecular formula is C22H31N3O. The Labute approximate surface area is 157 Å². The highest BCUT2D eigenvalue weighted by Crippen LogP contribution is 2.32. The zero-order valence-electron chi connectivity index (χ0n) is 16.6. The van der Waals surface area contributed by atoms with E-state index in [1.165, 1.54) is 10.8 Å². The Morgan fingerprint density at radius 1 is 1.23 bits per heavy atom. The summed E-state index contributed by atoms with van der Waals surface area (Å²) in [5.74, 6) is 0. The van der Waals surface area contributed by atoms with Crippen LogP contribution >= 0.6 is 0 Å². The lowest BCUT2D eigenvalue weighted by Crippen LogP contribution is -2.57. The molecule has 2 amide bonds. The Kier molecular flexibility index (Phi) is 5.24. The number of benzene rings is 2. The summed E-state index contributed by atoms with van der Waals surface area (Å²) in [7, 11) is 4.09. The summed E-state index contributed by atoms with van der Waals surface area (Å²) in [5.41, 5.74) is 1.24. The van der Waals surface area contributed by atoms with Crippen LogP contribution in [0.5, 0.6) is 0 Å². The first-order valence-corrected chi connectivity index (χ1v) is 9.49. The van der Waals surface area contributed by atoms with Crippen molar-refractivity contribution in [1.29, 1.82) is 0 Å². The Morgan fingerprint density at radius 3 is 2.65 bits per heavy atom. The molecule has 2 aromatic rings. The fourth-order valence-corrected chi connectivity index (χ4v) is 4.47. The molecule has 1 unspecified atom stereocenters. The van der Waals surface area contributed by atoms with Gasteiger partial charge in [-0.3, -0.25) is 0 Å². The van der Waals surface area contributed by atoms with Crippen molar-refractivity contribution in [3.8, 4) is 0 Å². The second kappa shape index (κ2) is 7.28. The molecular weight excluding hydrogens is 322 g/mol. The Balaban J connectivity index is 1.74. The molecule has 140 valence electrons. The van der Waals surface area contributed by atoms with E-state index in [0.29, 0.717) is 0 Å². The standard InChI is InChI=1S/C22H31N3O/c1-16(18-12-8-10-17-9-6-7-11-19(17)18)23-21(26)25(5)20-13-14-24(4)15-22(20,2)3/h6-12,16,20H,13-15H2,1-5H3,(H,23,26)/t16-,20?/m0/s1. The van der Waals surface area contributed by atoms with E-state index < -0.39 is 0 Å². The van der Waals surface area contributed by atoms with E-state index in [-0.39, 0.29) is 23.5 Å². The molecule has 4 heteroatoms. The molecule has 4 nitrogen and oxygen atoms in total. The van der Waals surface area contributed by atoms with Crippen LogP contribution in [0.3, 0.4) is 0 Å². The maximum absolute atomic E-state index is 12.9. The molecule has 3 rings (SSSR count). The number of nitrogens with one attached hydrogen (secondary N) is 1. The molecule has 0 bridgehead atoms. The molecule has 1 saturated heterocycles. The van der Waals surface area contributed by atoms with Gasteiger partial charge >= 0.3 is 6.03 Å². The molecule has 26 heavy (non-hydrogen) atoms. The number of amides is 2. The number of hydrogen-bond acceptors (Lipinski definition) is 2. The van der Waals surface area contributed by atoms with Crippen LogP contribution in [0.25, 0.3) is 10.8 Å². The third-order valence-corrected chi connectivity index (χ3v) is 5.78. The number of hydrogen-bond donors (Lipinski definition) is 1. The molecule has 2 atom stereocenters. The number of rotatable bonds is 3. The molecule has 0 saturated carbocycles. The lowest BCUT2D eigenvalue weighted by molar-refractivity contribution is 0.0446. The van der Waals surface area contributed by atoms with Crippen molar-refractivity contribution in [3.05, 3.63) is 48.0 Å². The average Bonchev–Trinajstić information content (AvgIpc) is 2.59. The number of nitrogens with zero attached hydrogens (tertiary/aromatic N) is 2. The van der Waals surface area contributed by atoms with Gasteiger partial charge in [0.25, 0.3) is 0 Å².